The van der Waals surface area contributed by atoms with Gasteiger partial charge in [-0.05, 0) is 30.5 Å². The Hall–Kier alpha value is -1.59. The molecule has 22 heavy (non-hydrogen) atoms. The van der Waals surface area contributed by atoms with Crippen LogP contribution < -0.4 is 11.1 Å². The molecule has 0 aromatic heterocycles. The largest absolute Gasteiger partial charge is 0.399 e. The number of carbonyl (C=O) groups is 1. The summed E-state index contributed by atoms with van der Waals surface area (Å²) in [5.74, 6) is 0.306. The SMILES string of the molecule is C[N+]1(C)CCN(CC(=O)C2CCc3ccc(N)cc3N2)CC1. The van der Waals surface area contributed by atoms with E-state index in [0.717, 1.165) is 54.9 Å². The number of hydrogen-bond acceptors (Lipinski definition) is 4. The highest BCUT2D eigenvalue weighted by atomic mass is 16.1. The van der Waals surface area contributed by atoms with Gasteiger partial charge in [0, 0.05) is 24.5 Å². The molecule has 2 aliphatic heterocycles. The first-order chi connectivity index (χ1) is 10.4. The Labute approximate surface area is 132 Å². The Morgan fingerprint density at radius 2 is 2.09 bits per heavy atom. The van der Waals surface area contributed by atoms with Gasteiger partial charge in [0.2, 0.25) is 0 Å². The van der Waals surface area contributed by atoms with Gasteiger partial charge in [0.05, 0.1) is 39.8 Å². The second-order valence-corrected chi connectivity index (χ2v) is 7.28. The lowest BCUT2D eigenvalue weighted by molar-refractivity contribution is -0.894. The van der Waals surface area contributed by atoms with E-state index in [9.17, 15) is 4.79 Å². The van der Waals surface area contributed by atoms with Crippen LogP contribution in [-0.2, 0) is 11.2 Å². The Kier molecular flexibility index (Phi) is 4.10. The average molecular weight is 303 g/mol. The first kappa shape index (κ1) is 15.3. The second-order valence-electron chi connectivity index (χ2n) is 7.28. The van der Waals surface area contributed by atoms with Crippen molar-refractivity contribution in [1.82, 2.24) is 4.90 Å². The van der Waals surface area contributed by atoms with Crippen molar-refractivity contribution in [3.63, 3.8) is 0 Å². The van der Waals surface area contributed by atoms with E-state index in [1.807, 2.05) is 12.1 Å². The maximum absolute atomic E-state index is 12.6. The number of nitrogens with one attached hydrogen (secondary N) is 1. The number of Topliss-reactive ketones (excluding diaryl/α,β-unsaturated/α-hetero) is 1. The van der Waals surface area contributed by atoms with Crippen molar-refractivity contribution in [3.05, 3.63) is 23.8 Å². The third-order valence-electron chi connectivity index (χ3n) is 4.98. The summed E-state index contributed by atoms with van der Waals surface area (Å²) in [4.78, 5) is 14.9. The van der Waals surface area contributed by atoms with Crippen LogP contribution in [0.3, 0.4) is 0 Å². The summed E-state index contributed by atoms with van der Waals surface area (Å²) in [5, 5.41) is 3.38. The number of piperazine rings is 1. The summed E-state index contributed by atoms with van der Waals surface area (Å²) in [6, 6.07) is 5.86. The second kappa shape index (κ2) is 5.89. The molecule has 1 aromatic rings. The van der Waals surface area contributed by atoms with Crippen molar-refractivity contribution >= 4 is 17.2 Å². The average Bonchev–Trinajstić information content (AvgIpc) is 2.48. The molecule has 1 aromatic carbocycles. The predicted octanol–water partition coefficient (Wildman–Crippen LogP) is 0.957. The number of likely N-dealkylation sites (N-methyl/N-ethyl adjacent to an activating group) is 1. The number of rotatable bonds is 3. The lowest BCUT2D eigenvalue weighted by Gasteiger charge is -2.39. The lowest BCUT2D eigenvalue weighted by Crippen LogP contribution is -2.56. The molecule has 1 unspecified atom stereocenters. The number of hydrogen-bond donors (Lipinski definition) is 2. The van der Waals surface area contributed by atoms with Gasteiger partial charge in [0.1, 0.15) is 0 Å². The summed E-state index contributed by atoms with van der Waals surface area (Å²) in [6.45, 7) is 4.81. The summed E-state index contributed by atoms with van der Waals surface area (Å²) in [7, 11) is 4.51. The smallest absolute Gasteiger partial charge is 0.168 e. The fourth-order valence-corrected chi connectivity index (χ4v) is 3.28. The van der Waals surface area contributed by atoms with Crippen LogP contribution in [-0.4, -0.2) is 68.0 Å². The molecule has 2 aliphatic rings. The van der Waals surface area contributed by atoms with Gasteiger partial charge >= 0.3 is 0 Å². The van der Waals surface area contributed by atoms with Crippen LogP contribution in [0.1, 0.15) is 12.0 Å². The molecule has 5 nitrogen and oxygen atoms in total. The molecule has 3 N–H and O–H groups in total. The fourth-order valence-electron chi connectivity index (χ4n) is 3.28. The monoisotopic (exact) mass is 303 g/mol. The Morgan fingerprint density at radius 3 is 2.82 bits per heavy atom. The zero-order valence-corrected chi connectivity index (χ0v) is 13.6. The van der Waals surface area contributed by atoms with Gasteiger partial charge in [-0.2, -0.15) is 0 Å². The maximum atomic E-state index is 12.6. The standard InChI is InChI=1S/C17H27N4O/c1-21(2)9-7-20(8-10-21)12-17(22)15-6-4-13-3-5-14(18)11-16(13)19-15/h3,5,11,15,19H,4,6-10,12,18H2,1-2H3/q+1. The van der Waals surface area contributed by atoms with Crippen molar-refractivity contribution in [2.45, 2.75) is 18.9 Å². The number of carbonyl (C=O) groups excluding carboxylic acids is 1. The van der Waals surface area contributed by atoms with Crippen molar-refractivity contribution in [2.24, 2.45) is 0 Å². The molecule has 5 heteroatoms. The van der Waals surface area contributed by atoms with Crippen LogP contribution in [0.4, 0.5) is 11.4 Å². The fraction of sp³-hybridized carbons (Fsp3) is 0.588. The van der Waals surface area contributed by atoms with E-state index >= 15 is 0 Å². The molecule has 0 saturated carbocycles. The summed E-state index contributed by atoms with van der Waals surface area (Å²) in [5.41, 5.74) is 8.88. The van der Waals surface area contributed by atoms with Gasteiger partial charge < -0.3 is 15.5 Å². The number of ketones is 1. The Bertz CT molecular complexity index is 560. The van der Waals surface area contributed by atoms with E-state index in [1.165, 1.54) is 5.56 Å². The van der Waals surface area contributed by atoms with Crippen molar-refractivity contribution < 1.29 is 9.28 Å². The molecule has 0 radical (unpaired) electrons. The van der Waals surface area contributed by atoms with Gasteiger partial charge in [-0.1, -0.05) is 6.07 Å². The molecule has 1 atom stereocenters. The first-order valence-corrected chi connectivity index (χ1v) is 8.15. The van der Waals surface area contributed by atoms with E-state index in [1.54, 1.807) is 0 Å². The van der Waals surface area contributed by atoms with Gasteiger partial charge in [-0.3, -0.25) is 9.69 Å². The molecule has 0 aliphatic carbocycles. The number of anilines is 2. The van der Waals surface area contributed by atoms with E-state index < -0.39 is 0 Å². The molecule has 1 fully saturated rings. The minimum Gasteiger partial charge on any atom is -0.399 e. The normalized spacial score (nSPS) is 24.4. The molecule has 1 saturated heterocycles. The molecular weight excluding hydrogens is 276 g/mol. The maximum Gasteiger partial charge on any atom is 0.168 e. The van der Waals surface area contributed by atoms with Crippen LogP contribution in [0.15, 0.2) is 18.2 Å². The third-order valence-corrected chi connectivity index (χ3v) is 4.98. The van der Waals surface area contributed by atoms with Crippen LogP contribution in [0, 0.1) is 0 Å². The van der Waals surface area contributed by atoms with Crippen LogP contribution >= 0.6 is 0 Å². The number of aryl methyl sites for hydroxylation is 1. The third kappa shape index (κ3) is 3.42. The van der Waals surface area contributed by atoms with E-state index in [2.05, 4.69) is 30.4 Å². The summed E-state index contributed by atoms with van der Waals surface area (Å²) >= 11 is 0. The molecule has 0 spiro atoms. The quantitative estimate of drug-likeness (QED) is 0.645. The number of fused-ring (bicyclic) bond motifs is 1. The lowest BCUT2D eigenvalue weighted by atomic mass is 9.95. The zero-order chi connectivity index (χ0) is 15.7. The van der Waals surface area contributed by atoms with Crippen LogP contribution in [0.25, 0.3) is 0 Å². The number of nitrogen functional groups attached to an aromatic ring is 1. The van der Waals surface area contributed by atoms with Gasteiger partial charge in [0.15, 0.2) is 5.78 Å². The Morgan fingerprint density at radius 1 is 1.36 bits per heavy atom. The first-order valence-electron chi connectivity index (χ1n) is 8.15. The topological polar surface area (TPSA) is 58.4 Å². The molecule has 0 amide bonds. The van der Waals surface area contributed by atoms with Crippen LogP contribution in [0.5, 0.6) is 0 Å². The van der Waals surface area contributed by atoms with Crippen molar-refractivity contribution in [3.8, 4) is 0 Å². The number of quaternary nitrogens is 1. The molecule has 2 heterocycles. The highest BCUT2D eigenvalue weighted by Crippen LogP contribution is 2.27. The zero-order valence-electron chi connectivity index (χ0n) is 13.6. The summed E-state index contributed by atoms with van der Waals surface area (Å²) < 4.78 is 1.05. The van der Waals surface area contributed by atoms with Crippen molar-refractivity contribution in [2.75, 3.05) is 57.9 Å². The minimum atomic E-state index is -0.0706. The molecule has 0 bridgehead atoms. The highest BCUT2D eigenvalue weighted by molar-refractivity contribution is 5.89. The predicted molar refractivity (Wildman–Crippen MR) is 89.9 cm³/mol. The molecule has 120 valence electrons. The van der Waals surface area contributed by atoms with Gasteiger partial charge in [-0.15, -0.1) is 0 Å². The highest BCUT2D eigenvalue weighted by Gasteiger charge is 2.29. The number of nitrogens with zero attached hydrogens (tertiary/aromatic N) is 2. The molecular formula is C17H27N4O+. The summed E-state index contributed by atoms with van der Waals surface area (Å²) in [6.07, 6.45) is 1.83. The molecule has 3 rings (SSSR count). The number of nitrogens with two attached hydrogens (primary N) is 1. The van der Waals surface area contributed by atoms with Gasteiger partial charge in [-0.25, -0.2) is 0 Å². The number of benzene rings is 1. The Balaban J connectivity index is 1.58. The minimum absolute atomic E-state index is 0.0706. The van der Waals surface area contributed by atoms with Crippen LogP contribution in [0.2, 0.25) is 0 Å². The van der Waals surface area contributed by atoms with E-state index in [-0.39, 0.29) is 6.04 Å². The van der Waals surface area contributed by atoms with Crippen molar-refractivity contribution in [1.29, 1.82) is 0 Å². The van der Waals surface area contributed by atoms with E-state index in [0.29, 0.717) is 12.3 Å². The van der Waals surface area contributed by atoms with Gasteiger partial charge in [0.25, 0.3) is 0 Å². The van der Waals surface area contributed by atoms with E-state index in [4.69, 9.17) is 5.73 Å².